The van der Waals surface area contributed by atoms with Crippen molar-refractivity contribution >= 4 is 18.4 Å². The molecule has 4 nitrogen and oxygen atoms in total. The van der Waals surface area contributed by atoms with E-state index in [4.69, 9.17) is 9.47 Å². The average Bonchev–Trinajstić information content (AvgIpc) is 2.62. The lowest BCUT2D eigenvalue weighted by Crippen LogP contribution is -2.27. The van der Waals surface area contributed by atoms with E-state index >= 15 is 0 Å². The van der Waals surface area contributed by atoms with Crippen LogP contribution in [0.25, 0.3) is 0 Å². The quantitative estimate of drug-likeness (QED) is 0.606. The van der Waals surface area contributed by atoms with Crippen LogP contribution in [-0.2, 0) is 14.3 Å². The first kappa shape index (κ1) is 10.8. The zero-order valence-electron chi connectivity index (χ0n) is 7.49. The van der Waals surface area contributed by atoms with Crippen molar-refractivity contribution in [1.82, 2.24) is 5.32 Å². The maximum Gasteiger partial charge on any atom is 0.311 e. The Bertz CT molecular complexity index is 200. The third-order valence-electron chi connectivity index (χ3n) is 2.71. The van der Waals surface area contributed by atoms with Gasteiger partial charge < -0.3 is 14.8 Å². The molecule has 0 aliphatic carbocycles. The summed E-state index contributed by atoms with van der Waals surface area (Å²) in [6.07, 6.45) is 0.231. The zero-order valence-corrected chi connectivity index (χ0v) is 8.30. The molecular formula is C8H14ClNO3. The van der Waals surface area contributed by atoms with Gasteiger partial charge in [0.15, 0.2) is 0 Å². The monoisotopic (exact) mass is 207 g/mol. The second kappa shape index (κ2) is 4.26. The number of rotatable bonds is 1. The number of hydrogen-bond donors (Lipinski definition) is 1. The van der Waals surface area contributed by atoms with Crippen molar-refractivity contribution in [1.29, 1.82) is 0 Å². The van der Waals surface area contributed by atoms with Gasteiger partial charge in [-0.05, 0) is 0 Å². The molecule has 0 unspecified atom stereocenters. The third kappa shape index (κ3) is 1.80. The zero-order chi connectivity index (χ0) is 8.55. The summed E-state index contributed by atoms with van der Waals surface area (Å²) >= 11 is 0. The number of ether oxygens (including phenoxy) is 2. The molecule has 0 bridgehead atoms. The van der Waals surface area contributed by atoms with Crippen LogP contribution >= 0.6 is 12.4 Å². The Labute approximate surface area is 83.4 Å². The summed E-state index contributed by atoms with van der Waals surface area (Å²) in [6.45, 7) is 2.28. The summed E-state index contributed by atoms with van der Waals surface area (Å²) in [5.74, 6) is 0.152. The maximum atomic E-state index is 11.2. The van der Waals surface area contributed by atoms with Crippen molar-refractivity contribution < 1.29 is 14.3 Å². The summed E-state index contributed by atoms with van der Waals surface area (Å²) in [4.78, 5) is 11.2. The van der Waals surface area contributed by atoms with E-state index in [9.17, 15) is 4.79 Å². The van der Waals surface area contributed by atoms with E-state index in [1.807, 2.05) is 0 Å². The highest BCUT2D eigenvalue weighted by atomic mass is 35.5. The fourth-order valence-electron chi connectivity index (χ4n) is 2.00. The van der Waals surface area contributed by atoms with E-state index in [2.05, 4.69) is 5.32 Å². The normalized spacial score (nSPS) is 36.5. The molecule has 2 aliphatic rings. The van der Waals surface area contributed by atoms with Crippen LogP contribution in [-0.4, -0.2) is 38.9 Å². The van der Waals surface area contributed by atoms with Crippen LogP contribution in [0, 0.1) is 11.8 Å². The first-order valence-electron chi connectivity index (χ1n) is 4.23. The van der Waals surface area contributed by atoms with Crippen molar-refractivity contribution in [2.75, 3.05) is 26.8 Å². The Morgan fingerprint density at radius 2 is 2.31 bits per heavy atom. The first-order chi connectivity index (χ1) is 5.83. The number of esters is 1. The molecular weight excluding hydrogens is 194 g/mol. The fraction of sp³-hybridized carbons (Fsp3) is 0.875. The van der Waals surface area contributed by atoms with Crippen LogP contribution in [0.4, 0.5) is 0 Å². The molecule has 0 aromatic carbocycles. The third-order valence-corrected chi connectivity index (χ3v) is 2.71. The molecule has 5 heteroatoms. The van der Waals surface area contributed by atoms with Crippen molar-refractivity contribution in [2.24, 2.45) is 11.8 Å². The lowest BCUT2D eigenvalue weighted by molar-refractivity contribution is -0.146. The highest BCUT2D eigenvalue weighted by Crippen LogP contribution is 2.30. The van der Waals surface area contributed by atoms with E-state index in [0.717, 1.165) is 13.1 Å². The predicted molar refractivity (Wildman–Crippen MR) is 48.9 cm³/mol. The number of carbonyl (C=O) groups is 1. The van der Waals surface area contributed by atoms with Gasteiger partial charge in [0.1, 0.15) is 0 Å². The van der Waals surface area contributed by atoms with Gasteiger partial charge in [0, 0.05) is 19.0 Å². The van der Waals surface area contributed by atoms with E-state index < -0.39 is 0 Å². The molecule has 0 aromatic heterocycles. The van der Waals surface area contributed by atoms with E-state index in [0.29, 0.717) is 12.5 Å². The number of fused-ring (bicyclic) bond motifs is 1. The maximum absolute atomic E-state index is 11.2. The Kier molecular flexibility index (Phi) is 3.53. The van der Waals surface area contributed by atoms with Crippen LogP contribution in [0.3, 0.4) is 0 Å². The lowest BCUT2D eigenvalue weighted by atomic mass is 9.93. The average molecular weight is 208 g/mol. The second-order valence-electron chi connectivity index (χ2n) is 3.32. The topological polar surface area (TPSA) is 47.6 Å². The Balaban J connectivity index is 0.000000845. The van der Waals surface area contributed by atoms with Gasteiger partial charge in [-0.25, -0.2) is 0 Å². The number of nitrogens with one attached hydrogen (secondary N) is 1. The fourth-order valence-corrected chi connectivity index (χ4v) is 2.00. The van der Waals surface area contributed by atoms with Gasteiger partial charge in [0.2, 0.25) is 0 Å². The van der Waals surface area contributed by atoms with Gasteiger partial charge in [0.25, 0.3) is 0 Å². The van der Waals surface area contributed by atoms with Crippen LogP contribution in [0.15, 0.2) is 0 Å². The van der Waals surface area contributed by atoms with Gasteiger partial charge in [-0.2, -0.15) is 0 Å². The molecule has 0 aromatic rings. The number of carbonyl (C=O) groups excluding carboxylic acids is 1. The minimum Gasteiger partial charge on any atom is -0.469 e. The van der Waals surface area contributed by atoms with Crippen molar-refractivity contribution in [3.63, 3.8) is 0 Å². The van der Waals surface area contributed by atoms with Gasteiger partial charge in [-0.3, -0.25) is 4.79 Å². The van der Waals surface area contributed by atoms with Crippen molar-refractivity contribution in [3.05, 3.63) is 0 Å². The van der Waals surface area contributed by atoms with E-state index in [1.165, 1.54) is 7.11 Å². The molecule has 2 aliphatic heterocycles. The molecule has 0 spiro atoms. The standard InChI is InChI=1S/C8H13NO3.ClH/c1-11-8(10)6-4-12-7-3-9-2-5(6)7;/h5-7,9H,2-4H2,1H3;1H/t5-,6-,7-;/m1./s1. The molecule has 13 heavy (non-hydrogen) atoms. The molecule has 2 heterocycles. The lowest BCUT2D eigenvalue weighted by Gasteiger charge is -2.11. The second-order valence-corrected chi connectivity index (χ2v) is 3.32. The Hall–Kier alpha value is -0.320. The smallest absolute Gasteiger partial charge is 0.311 e. The van der Waals surface area contributed by atoms with Gasteiger partial charge in [0.05, 0.1) is 25.7 Å². The first-order valence-corrected chi connectivity index (χ1v) is 4.23. The minimum absolute atomic E-state index is 0. The molecule has 1 N–H and O–H groups in total. The predicted octanol–water partition coefficient (Wildman–Crippen LogP) is -0.184. The Morgan fingerprint density at radius 3 is 3.00 bits per heavy atom. The van der Waals surface area contributed by atoms with Gasteiger partial charge in [-0.1, -0.05) is 0 Å². The number of methoxy groups -OCH3 is 1. The molecule has 2 rings (SSSR count). The summed E-state index contributed by atoms with van der Waals surface area (Å²) in [6, 6.07) is 0. The van der Waals surface area contributed by atoms with E-state index in [1.54, 1.807) is 0 Å². The summed E-state index contributed by atoms with van der Waals surface area (Å²) < 4.78 is 10.1. The van der Waals surface area contributed by atoms with Gasteiger partial charge in [-0.15, -0.1) is 12.4 Å². The Morgan fingerprint density at radius 1 is 1.54 bits per heavy atom. The molecule has 0 amide bonds. The van der Waals surface area contributed by atoms with Crippen LogP contribution < -0.4 is 5.32 Å². The largest absolute Gasteiger partial charge is 0.469 e. The molecule has 0 saturated carbocycles. The van der Waals surface area contributed by atoms with Gasteiger partial charge >= 0.3 is 5.97 Å². The SMILES string of the molecule is COC(=O)[C@@H]1CO[C@@H]2CNC[C@@H]21.Cl. The summed E-state index contributed by atoms with van der Waals surface area (Å²) in [7, 11) is 1.43. The van der Waals surface area contributed by atoms with Crippen LogP contribution in [0.1, 0.15) is 0 Å². The highest BCUT2D eigenvalue weighted by Gasteiger charge is 2.44. The van der Waals surface area contributed by atoms with Crippen LogP contribution in [0.2, 0.25) is 0 Å². The molecule has 0 radical (unpaired) electrons. The molecule has 2 saturated heterocycles. The summed E-state index contributed by atoms with van der Waals surface area (Å²) in [5.41, 5.74) is 0. The van der Waals surface area contributed by atoms with E-state index in [-0.39, 0.29) is 30.4 Å². The number of hydrogen-bond acceptors (Lipinski definition) is 4. The molecule has 3 atom stereocenters. The molecule has 76 valence electrons. The summed E-state index contributed by atoms with van der Waals surface area (Å²) in [5, 5.41) is 3.20. The highest BCUT2D eigenvalue weighted by molar-refractivity contribution is 5.85. The minimum atomic E-state index is -0.133. The van der Waals surface area contributed by atoms with Crippen molar-refractivity contribution in [3.8, 4) is 0 Å². The number of halogens is 1. The van der Waals surface area contributed by atoms with Crippen LogP contribution in [0.5, 0.6) is 0 Å². The molecule has 2 fully saturated rings. The van der Waals surface area contributed by atoms with Crippen molar-refractivity contribution in [2.45, 2.75) is 6.10 Å².